The second kappa shape index (κ2) is 3.21. The molecule has 1 saturated carbocycles. The minimum Gasteiger partial charge on any atom is -0.317 e. The highest BCUT2D eigenvalue weighted by molar-refractivity contribution is 4.73. The van der Waals surface area contributed by atoms with Crippen molar-refractivity contribution < 1.29 is 0 Å². The van der Waals surface area contributed by atoms with Crippen molar-refractivity contribution in [3.63, 3.8) is 0 Å². The summed E-state index contributed by atoms with van der Waals surface area (Å²) in [6.07, 6.45) is 5.64. The fraction of sp³-hybridized carbons (Fsp3) is 1.00. The van der Waals surface area contributed by atoms with Crippen molar-refractivity contribution in [2.24, 2.45) is 5.92 Å². The molecule has 1 rings (SSSR count). The molecule has 1 fully saturated rings. The van der Waals surface area contributed by atoms with E-state index in [4.69, 9.17) is 0 Å². The Balaban J connectivity index is 2.23. The van der Waals surface area contributed by atoms with E-state index in [0.717, 1.165) is 12.0 Å². The van der Waals surface area contributed by atoms with E-state index in [0.29, 0.717) is 0 Å². The van der Waals surface area contributed by atoms with Gasteiger partial charge in [-0.15, -0.1) is 0 Å². The summed E-state index contributed by atoms with van der Waals surface area (Å²) in [6, 6.07) is 0.814. The van der Waals surface area contributed by atoms with Crippen LogP contribution in [0.15, 0.2) is 0 Å². The standard InChI is InChI=1S/C8H17N/c1-7-4-3-5-8(6-7)9-2/h7-9H,3-6H2,1-2H3/t7-,8?/m1/s1. The van der Waals surface area contributed by atoms with E-state index < -0.39 is 0 Å². The van der Waals surface area contributed by atoms with E-state index in [9.17, 15) is 0 Å². The van der Waals surface area contributed by atoms with Gasteiger partial charge in [0.15, 0.2) is 0 Å². The van der Waals surface area contributed by atoms with Crippen molar-refractivity contribution >= 4 is 0 Å². The van der Waals surface area contributed by atoms with E-state index in [1.54, 1.807) is 0 Å². The lowest BCUT2D eigenvalue weighted by Gasteiger charge is -2.25. The molecule has 0 saturated heterocycles. The minimum atomic E-state index is 0.814. The van der Waals surface area contributed by atoms with Gasteiger partial charge in [0.2, 0.25) is 0 Å². The van der Waals surface area contributed by atoms with Gasteiger partial charge in [-0.3, -0.25) is 0 Å². The average molecular weight is 127 g/mol. The molecule has 0 aliphatic heterocycles. The molecule has 2 atom stereocenters. The summed E-state index contributed by atoms with van der Waals surface area (Å²) in [6.45, 7) is 2.35. The molecule has 1 nitrogen and oxygen atoms in total. The molecule has 0 aromatic heterocycles. The van der Waals surface area contributed by atoms with Gasteiger partial charge in [-0.1, -0.05) is 19.8 Å². The van der Waals surface area contributed by atoms with Crippen LogP contribution in [0.4, 0.5) is 0 Å². The Morgan fingerprint density at radius 2 is 2.11 bits per heavy atom. The molecule has 54 valence electrons. The van der Waals surface area contributed by atoms with Gasteiger partial charge in [0, 0.05) is 6.04 Å². The summed E-state index contributed by atoms with van der Waals surface area (Å²) >= 11 is 0. The minimum absolute atomic E-state index is 0.814. The number of hydrogen-bond donors (Lipinski definition) is 1. The Hall–Kier alpha value is -0.0400. The topological polar surface area (TPSA) is 12.0 Å². The van der Waals surface area contributed by atoms with Gasteiger partial charge in [0.1, 0.15) is 0 Å². The third-order valence-corrected chi connectivity index (χ3v) is 2.34. The SMILES string of the molecule is CNC1CCC[C@@H](C)C1. The number of hydrogen-bond acceptors (Lipinski definition) is 1. The first kappa shape index (κ1) is 7.07. The van der Waals surface area contributed by atoms with E-state index >= 15 is 0 Å². The van der Waals surface area contributed by atoms with E-state index in [1.807, 2.05) is 0 Å². The van der Waals surface area contributed by atoms with Crippen molar-refractivity contribution in [2.45, 2.75) is 38.6 Å². The van der Waals surface area contributed by atoms with Gasteiger partial charge in [-0.2, -0.15) is 0 Å². The van der Waals surface area contributed by atoms with Crippen molar-refractivity contribution in [2.75, 3.05) is 7.05 Å². The van der Waals surface area contributed by atoms with Gasteiger partial charge in [0.25, 0.3) is 0 Å². The Kier molecular flexibility index (Phi) is 2.52. The van der Waals surface area contributed by atoms with Crippen LogP contribution in [0.1, 0.15) is 32.6 Å². The van der Waals surface area contributed by atoms with Crippen LogP contribution in [-0.2, 0) is 0 Å². The molecule has 0 bridgehead atoms. The first-order chi connectivity index (χ1) is 4.33. The molecule has 0 amide bonds. The largest absolute Gasteiger partial charge is 0.317 e. The maximum Gasteiger partial charge on any atom is 0.00666 e. The summed E-state index contributed by atoms with van der Waals surface area (Å²) in [5.74, 6) is 0.955. The fourth-order valence-electron chi connectivity index (χ4n) is 1.70. The molecule has 0 radical (unpaired) electrons. The van der Waals surface area contributed by atoms with Crippen molar-refractivity contribution in [1.82, 2.24) is 5.32 Å². The molecule has 1 aliphatic rings. The highest BCUT2D eigenvalue weighted by Crippen LogP contribution is 2.22. The van der Waals surface area contributed by atoms with Gasteiger partial charge >= 0.3 is 0 Å². The number of rotatable bonds is 1. The second-order valence-electron chi connectivity index (χ2n) is 3.26. The summed E-state index contributed by atoms with van der Waals surface area (Å²) in [5, 5.41) is 3.33. The summed E-state index contributed by atoms with van der Waals surface area (Å²) < 4.78 is 0. The predicted octanol–water partition coefficient (Wildman–Crippen LogP) is 1.78. The summed E-state index contributed by atoms with van der Waals surface area (Å²) in [5.41, 5.74) is 0. The molecule has 1 unspecified atom stereocenters. The van der Waals surface area contributed by atoms with Crippen LogP contribution < -0.4 is 5.32 Å². The zero-order chi connectivity index (χ0) is 6.69. The monoisotopic (exact) mass is 127 g/mol. The van der Waals surface area contributed by atoms with Gasteiger partial charge in [0.05, 0.1) is 0 Å². The van der Waals surface area contributed by atoms with Crippen LogP contribution in [0.3, 0.4) is 0 Å². The normalized spacial score (nSPS) is 36.7. The smallest absolute Gasteiger partial charge is 0.00666 e. The molecule has 1 heteroatoms. The fourth-order valence-corrected chi connectivity index (χ4v) is 1.70. The highest BCUT2D eigenvalue weighted by atomic mass is 14.9. The van der Waals surface area contributed by atoms with Crippen molar-refractivity contribution in [1.29, 1.82) is 0 Å². The third-order valence-electron chi connectivity index (χ3n) is 2.34. The first-order valence-corrected chi connectivity index (χ1v) is 4.00. The van der Waals surface area contributed by atoms with Gasteiger partial charge < -0.3 is 5.32 Å². The molecule has 0 spiro atoms. The second-order valence-corrected chi connectivity index (χ2v) is 3.26. The summed E-state index contributed by atoms with van der Waals surface area (Å²) in [4.78, 5) is 0. The maximum absolute atomic E-state index is 3.33. The molecule has 0 heterocycles. The molecular weight excluding hydrogens is 110 g/mol. The molecule has 0 aromatic carbocycles. The van der Waals surface area contributed by atoms with E-state index in [2.05, 4.69) is 19.3 Å². The van der Waals surface area contributed by atoms with Crippen molar-refractivity contribution in [3.8, 4) is 0 Å². The van der Waals surface area contributed by atoms with Crippen LogP contribution in [0.5, 0.6) is 0 Å². The van der Waals surface area contributed by atoms with Gasteiger partial charge in [-0.05, 0) is 25.8 Å². The lowest BCUT2D eigenvalue weighted by molar-refractivity contribution is 0.314. The Labute approximate surface area is 57.8 Å². The summed E-state index contributed by atoms with van der Waals surface area (Å²) in [7, 11) is 2.07. The lowest BCUT2D eigenvalue weighted by Crippen LogP contribution is -2.30. The van der Waals surface area contributed by atoms with Crippen molar-refractivity contribution in [3.05, 3.63) is 0 Å². The average Bonchev–Trinajstić information content (AvgIpc) is 1.88. The number of nitrogens with one attached hydrogen (secondary N) is 1. The Morgan fingerprint density at radius 1 is 1.33 bits per heavy atom. The lowest BCUT2D eigenvalue weighted by atomic mass is 9.87. The van der Waals surface area contributed by atoms with Crippen LogP contribution in [0, 0.1) is 5.92 Å². The van der Waals surface area contributed by atoms with E-state index in [1.165, 1.54) is 25.7 Å². The van der Waals surface area contributed by atoms with Crippen LogP contribution in [0.25, 0.3) is 0 Å². The molecule has 0 aromatic rings. The molecule has 9 heavy (non-hydrogen) atoms. The van der Waals surface area contributed by atoms with Crippen LogP contribution in [-0.4, -0.2) is 13.1 Å². The zero-order valence-corrected chi connectivity index (χ0v) is 6.48. The zero-order valence-electron chi connectivity index (χ0n) is 6.48. The molecule has 1 N–H and O–H groups in total. The third kappa shape index (κ3) is 1.98. The highest BCUT2D eigenvalue weighted by Gasteiger charge is 2.16. The molecular formula is C8H17N. The van der Waals surface area contributed by atoms with Crippen LogP contribution in [0.2, 0.25) is 0 Å². The first-order valence-electron chi connectivity index (χ1n) is 4.00. The molecule has 1 aliphatic carbocycles. The van der Waals surface area contributed by atoms with Gasteiger partial charge in [-0.25, -0.2) is 0 Å². The van der Waals surface area contributed by atoms with E-state index in [-0.39, 0.29) is 0 Å². The Morgan fingerprint density at radius 3 is 2.56 bits per heavy atom. The van der Waals surface area contributed by atoms with Crippen LogP contribution >= 0.6 is 0 Å². The maximum atomic E-state index is 3.33. The Bertz CT molecular complexity index is 80.6. The quantitative estimate of drug-likeness (QED) is 0.566. The predicted molar refractivity (Wildman–Crippen MR) is 40.5 cm³/mol.